The summed E-state index contributed by atoms with van der Waals surface area (Å²) >= 11 is 0. The molecule has 96 valence electrons. The SMILES string of the molecule is Cc1nc2ccccc2c2c(=O)n(C)c(NN)nc12. The molecule has 6 heteroatoms. The van der Waals surface area contributed by atoms with E-state index in [4.69, 9.17) is 5.84 Å². The standard InChI is InChI=1S/C13H13N5O/c1-7-11-10(8-5-3-4-6-9(8)15-7)12(19)18(2)13(16-11)17-14/h3-6H,14H2,1-2H3,(H,16,17). The highest BCUT2D eigenvalue weighted by atomic mass is 16.1. The highest BCUT2D eigenvalue weighted by Crippen LogP contribution is 2.22. The minimum absolute atomic E-state index is 0.139. The molecule has 0 aliphatic rings. The van der Waals surface area contributed by atoms with E-state index in [0.29, 0.717) is 22.5 Å². The van der Waals surface area contributed by atoms with E-state index in [1.807, 2.05) is 31.2 Å². The molecule has 6 nitrogen and oxygen atoms in total. The van der Waals surface area contributed by atoms with E-state index in [1.165, 1.54) is 4.57 Å². The Bertz CT molecular complexity index is 853. The zero-order chi connectivity index (χ0) is 13.6. The number of hydrazine groups is 1. The third-order valence-electron chi connectivity index (χ3n) is 3.22. The van der Waals surface area contributed by atoms with Crippen LogP contribution in [0.25, 0.3) is 21.8 Å². The lowest BCUT2D eigenvalue weighted by molar-refractivity contribution is 0.845. The molecule has 0 aliphatic heterocycles. The second kappa shape index (κ2) is 4.03. The van der Waals surface area contributed by atoms with Crippen molar-refractivity contribution in [1.29, 1.82) is 0 Å². The predicted octanol–water partition coefficient (Wildman–Crippen LogP) is 1.08. The number of nitrogens with one attached hydrogen (secondary N) is 1. The minimum Gasteiger partial charge on any atom is -0.294 e. The van der Waals surface area contributed by atoms with Crippen LogP contribution in [0, 0.1) is 6.92 Å². The number of pyridine rings is 1. The predicted molar refractivity (Wildman–Crippen MR) is 74.8 cm³/mol. The van der Waals surface area contributed by atoms with Gasteiger partial charge in [-0.05, 0) is 13.0 Å². The number of aryl methyl sites for hydroxylation is 1. The molecular formula is C13H13N5O. The zero-order valence-corrected chi connectivity index (χ0v) is 10.6. The number of benzene rings is 1. The third kappa shape index (κ3) is 1.57. The monoisotopic (exact) mass is 255 g/mol. The Balaban J connectivity index is 2.65. The van der Waals surface area contributed by atoms with E-state index in [-0.39, 0.29) is 5.56 Å². The second-order valence-corrected chi connectivity index (χ2v) is 4.38. The van der Waals surface area contributed by atoms with Gasteiger partial charge in [0.05, 0.1) is 16.6 Å². The maximum absolute atomic E-state index is 12.5. The van der Waals surface area contributed by atoms with Crippen LogP contribution in [0.3, 0.4) is 0 Å². The molecular weight excluding hydrogens is 242 g/mol. The Hall–Kier alpha value is -2.47. The first kappa shape index (κ1) is 11.6. The van der Waals surface area contributed by atoms with Gasteiger partial charge in [0.15, 0.2) is 0 Å². The molecule has 0 bridgehead atoms. The fourth-order valence-corrected chi connectivity index (χ4v) is 2.25. The molecule has 3 rings (SSSR count). The molecule has 0 saturated carbocycles. The minimum atomic E-state index is -0.139. The summed E-state index contributed by atoms with van der Waals surface area (Å²) < 4.78 is 1.40. The molecule has 0 atom stereocenters. The number of nitrogen functional groups attached to an aromatic ring is 1. The maximum Gasteiger partial charge on any atom is 0.263 e. The summed E-state index contributed by atoms with van der Waals surface area (Å²) in [6.07, 6.45) is 0. The number of fused-ring (bicyclic) bond motifs is 3. The highest BCUT2D eigenvalue weighted by molar-refractivity contribution is 6.04. The molecule has 1 aromatic carbocycles. The molecule has 0 amide bonds. The summed E-state index contributed by atoms with van der Waals surface area (Å²) in [5.74, 6) is 5.70. The van der Waals surface area contributed by atoms with E-state index in [2.05, 4.69) is 15.4 Å². The second-order valence-electron chi connectivity index (χ2n) is 4.38. The normalized spacial score (nSPS) is 11.1. The largest absolute Gasteiger partial charge is 0.294 e. The van der Waals surface area contributed by atoms with E-state index in [0.717, 1.165) is 10.9 Å². The number of rotatable bonds is 1. The Morgan fingerprint density at radius 2 is 2.00 bits per heavy atom. The molecule has 2 aromatic heterocycles. The van der Waals surface area contributed by atoms with Crippen LogP contribution in [0.5, 0.6) is 0 Å². The van der Waals surface area contributed by atoms with E-state index in [1.54, 1.807) is 7.05 Å². The topological polar surface area (TPSA) is 85.8 Å². The van der Waals surface area contributed by atoms with Gasteiger partial charge < -0.3 is 0 Å². The third-order valence-corrected chi connectivity index (χ3v) is 3.22. The van der Waals surface area contributed by atoms with Crippen molar-refractivity contribution < 1.29 is 0 Å². The number of para-hydroxylation sites is 1. The smallest absolute Gasteiger partial charge is 0.263 e. The van der Waals surface area contributed by atoms with Crippen molar-refractivity contribution in [3.8, 4) is 0 Å². The summed E-state index contributed by atoms with van der Waals surface area (Å²) in [5.41, 5.74) is 4.37. The summed E-state index contributed by atoms with van der Waals surface area (Å²) in [6.45, 7) is 1.83. The van der Waals surface area contributed by atoms with Gasteiger partial charge in [-0.1, -0.05) is 18.2 Å². The number of aromatic nitrogens is 3. The maximum atomic E-state index is 12.5. The summed E-state index contributed by atoms with van der Waals surface area (Å²) in [6, 6.07) is 7.54. The number of hydrogen-bond donors (Lipinski definition) is 2. The van der Waals surface area contributed by atoms with Gasteiger partial charge in [-0.3, -0.25) is 19.8 Å². The van der Waals surface area contributed by atoms with Crippen molar-refractivity contribution >= 4 is 27.8 Å². The molecule has 0 unspecified atom stereocenters. The van der Waals surface area contributed by atoms with Crippen molar-refractivity contribution in [1.82, 2.24) is 14.5 Å². The number of nitrogens with two attached hydrogens (primary N) is 1. The molecule has 0 spiro atoms. The van der Waals surface area contributed by atoms with E-state index < -0.39 is 0 Å². The average Bonchev–Trinajstić information content (AvgIpc) is 2.42. The summed E-state index contributed by atoms with van der Waals surface area (Å²) in [7, 11) is 1.63. The number of nitrogens with zero attached hydrogens (tertiary/aromatic N) is 3. The van der Waals surface area contributed by atoms with Gasteiger partial charge in [0.2, 0.25) is 5.95 Å². The van der Waals surface area contributed by atoms with Crippen molar-refractivity contribution in [2.45, 2.75) is 6.92 Å². The first-order valence-corrected chi connectivity index (χ1v) is 5.86. The molecule has 0 fully saturated rings. The van der Waals surface area contributed by atoms with Crippen molar-refractivity contribution in [2.75, 3.05) is 5.43 Å². The quantitative estimate of drug-likeness (QED) is 0.386. The zero-order valence-electron chi connectivity index (χ0n) is 10.6. The van der Waals surface area contributed by atoms with E-state index in [9.17, 15) is 4.79 Å². The Kier molecular flexibility index (Phi) is 2.46. The van der Waals surface area contributed by atoms with Crippen molar-refractivity contribution in [3.63, 3.8) is 0 Å². The average molecular weight is 255 g/mol. The van der Waals surface area contributed by atoms with Crippen LogP contribution in [-0.2, 0) is 7.05 Å². The van der Waals surface area contributed by atoms with Crippen LogP contribution in [0.2, 0.25) is 0 Å². The Morgan fingerprint density at radius 3 is 2.74 bits per heavy atom. The van der Waals surface area contributed by atoms with Crippen LogP contribution >= 0.6 is 0 Å². The Morgan fingerprint density at radius 1 is 1.26 bits per heavy atom. The highest BCUT2D eigenvalue weighted by Gasteiger charge is 2.13. The van der Waals surface area contributed by atoms with Crippen LogP contribution in [0.4, 0.5) is 5.95 Å². The van der Waals surface area contributed by atoms with Crippen molar-refractivity contribution in [2.24, 2.45) is 12.9 Å². The van der Waals surface area contributed by atoms with Gasteiger partial charge in [-0.2, -0.15) is 0 Å². The molecule has 2 heterocycles. The van der Waals surface area contributed by atoms with Gasteiger partial charge in [-0.25, -0.2) is 10.8 Å². The molecule has 19 heavy (non-hydrogen) atoms. The van der Waals surface area contributed by atoms with Crippen LogP contribution in [0.15, 0.2) is 29.1 Å². The lowest BCUT2D eigenvalue weighted by Gasteiger charge is -2.10. The lowest BCUT2D eigenvalue weighted by Crippen LogP contribution is -2.25. The van der Waals surface area contributed by atoms with Gasteiger partial charge in [0.25, 0.3) is 5.56 Å². The van der Waals surface area contributed by atoms with Gasteiger partial charge in [0, 0.05) is 12.4 Å². The summed E-state index contributed by atoms with van der Waals surface area (Å²) in [4.78, 5) is 21.3. The van der Waals surface area contributed by atoms with Gasteiger partial charge >= 0.3 is 0 Å². The number of hydrogen-bond acceptors (Lipinski definition) is 5. The lowest BCUT2D eigenvalue weighted by atomic mass is 10.1. The van der Waals surface area contributed by atoms with Gasteiger partial charge in [-0.15, -0.1) is 0 Å². The fourth-order valence-electron chi connectivity index (χ4n) is 2.25. The molecule has 0 aliphatic carbocycles. The molecule has 3 N–H and O–H groups in total. The summed E-state index contributed by atoms with van der Waals surface area (Å²) in [5, 5.41) is 1.38. The first-order valence-electron chi connectivity index (χ1n) is 5.86. The van der Waals surface area contributed by atoms with Crippen LogP contribution in [-0.4, -0.2) is 14.5 Å². The molecule has 0 radical (unpaired) electrons. The van der Waals surface area contributed by atoms with Crippen LogP contribution in [0.1, 0.15) is 5.69 Å². The van der Waals surface area contributed by atoms with Crippen molar-refractivity contribution in [3.05, 3.63) is 40.3 Å². The van der Waals surface area contributed by atoms with E-state index >= 15 is 0 Å². The van der Waals surface area contributed by atoms with Gasteiger partial charge in [0.1, 0.15) is 5.52 Å². The fraction of sp³-hybridized carbons (Fsp3) is 0.154. The number of anilines is 1. The van der Waals surface area contributed by atoms with Crippen LogP contribution < -0.4 is 16.8 Å². The Labute approximate surface area is 108 Å². The first-order chi connectivity index (χ1) is 9.13. The molecule has 3 aromatic rings. The molecule has 0 saturated heterocycles.